The Kier molecular flexibility index (Phi) is 3.50. The number of benzene rings is 1. The summed E-state index contributed by atoms with van der Waals surface area (Å²) in [6, 6.07) is 5.47. The summed E-state index contributed by atoms with van der Waals surface area (Å²) in [7, 11) is 0. The lowest BCUT2D eigenvalue weighted by atomic mass is 10.1. The number of rotatable bonds is 4. The Morgan fingerprint density at radius 3 is 2.85 bits per heavy atom. The fraction of sp³-hybridized carbons (Fsp3) is 0.364. The third-order valence-corrected chi connectivity index (χ3v) is 1.81. The Morgan fingerprint density at radius 2 is 2.23 bits per heavy atom. The van der Waals surface area contributed by atoms with Gasteiger partial charge in [0.05, 0.1) is 6.61 Å². The van der Waals surface area contributed by atoms with E-state index in [1.54, 1.807) is 12.1 Å². The number of hydrogen-bond acceptors (Lipinski definition) is 2. The molecule has 0 unspecified atom stereocenters. The van der Waals surface area contributed by atoms with Crippen LogP contribution < -0.4 is 4.74 Å². The molecule has 0 radical (unpaired) electrons. The van der Waals surface area contributed by atoms with Crippen molar-refractivity contribution >= 4 is 6.29 Å². The number of ether oxygens (including phenoxy) is 1. The maximum atomic E-state index is 10.5. The van der Waals surface area contributed by atoms with Crippen LogP contribution in [0.15, 0.2) is 18.2 Å². The molecule has 0 heterocycles. The Balaban J connectivity index is 2.83. The van der Waals surface area contributed by atoms with Gasteiger partial charge < -0.3 is 4.74 Å². The first-order valence-electron chi connectivity index (χ1n) is 4.46. The van der Waals surface area contributed by atoms with Gasteiger partial charge in [-0.05, 0) is 25.0 Å². The highest BCUT2D eigenvalue weighted by Gasteiger charge is 1.99. The maximum absolute atomic E-state index is 10.5. The number of carbonyl (C=O) groups excluding carboxylic acids is 1. The summed E-state index contributed by atoms with van der Waals surface area (Å²) in [6.07, 6.45) is 1.81. The van der Waals surface area contributed by atoms with Crippen molar-refractivity contribution in [3.63, 3.8) is 0 Å². The molecule has 0 atom stereocenters. The molecule has 2 nitrogen and oxygen atoms in total. The molecule has 13 heavy (non-hydrogen) atoms. The van der Waals surface area contributed by atoms with E-state index in [4.69, 9.17) is 4.74 Å². The molecule has 70 valence electrons. The van der Waals surface area contributed by atoms with Gasteiger partial charge in [-0.1, -0.05) is 19.1 Å². The second-order valence-corrected chi connectivity index (χ2v) is 2.99. The number of aryl methyl sites for hydroxylation is 1. The van der Waals surface area contributed by atoms with E-state index in [9.17, 15) is 4.79 Å². The van der Waals surface area contributed by atoms with Gasteiger partial charge in [-0.2, -0.15) is 0 Å². The van der Waals surface area contributed by atoms with Crippen LogP contribution in [0.25, 0.3) is 0 Å². The second-order valence-electron chi connectivity index (χ2n) is 2.99. The van der Waals surface area contributed by atoms with Gasteiger partial charge in [0.25, 0.3) is 0 Å². The van der Waals surface area contributed by atoms with Crippen LogP contribution in [0.2, 0.25) is 0 Å². The second kappa shape index (κ2) is 4.65. The third kappa shape index (κ3) is 2.58. The minimum absolute atomic E-state index is 0.664. The fourth-order valence-corrected chi connectivity index (χ4v) is 1.06. The van der Waals surface area contributed by atoms with Crippen LogP contribution in [0.1, 0.15) is 29.3 Å². The molecule has 0 fully saturated rings. The monoisotopic (exact) mass is 178 g/mol. The molecular weight excluding hydrogens is 164 g/mol. The summed E-state index contributed by atoms with van der Waals surface area (Å²) in [6.45, 7) is 4.72. The fourth-order valence-electron chi connectivity index (χ4n) is 1.06. The smallest absolute Gasteiger partial charge is 0.150 e. The first-order valence-corrected chi connectivity index (χ1v) is 4.46. The summed E-state index contributed by atoms with van der Waals surface area (Å²) in [5, 5.41) is 0. The molecule has 0 aromatic heterocycles. The van der Waals surface area contributed by atoms with E-state index in [-0.39, 0.29) is 0 Å². The molecule has 0 aliphatic heterocycles. The first kappa shape index (κ1) is 9.78. The zero-order chi connectivity index (χ0) is 9.68. The maximum Gasteiger partial charge on any atom is 0.150 e. The van der Waals surface area contributed by atoms with Crippen molar-refractivity contribution in [3.8, 4) is 5.75 Å². The third-order valence-electron chi connectivity index (χ3n) is 1.81. The highest BCUT2D eigenvalue weighted by molar-refractivity contribution is 5.75. The van der Waals surface area contributed by atoms with Crippen molar-refractivity contribution in [2.45, 2.75) is 20.3 Å². The predicted octanol–water partition coefficient (Wildman–Crippen LogP) is 2.60. The average molecular weight is 178 g/mol. The van der Waals surface area contributed by atoms with Gasteiger partial charge in [-0.3, -0.25) is 4.79 Å². The van der Waals surface area contributed by atoms with Crippen molar-refractivity contribution in [2.75, 3.05) is 6.61 Å². The lowest BCUT2D eigenvalue weighted by molar-refractivity contribution is 0.112. The molecular formula is C11H14O2. The highest BCUT2D eigenvalue weighted by Crippen LogP contribution is 2.18. The van der Waals surface area contributed by atoms with Gasteiger partial charge in [0.15, 0.2) is 0 Å². The van der Waals surface area contributed by atoms with Gasteiger partial charge in [0.2, 0.25) is 0 Å². The van der Waals surface area contributed by atoms with Crippen LogP contribution in [-0.2, 0) is 0 Å². The van der Waals surface area contributed by atoms with E-state index < -0.39 is 0 Å². The summed E-state index contributed by atoms with van der Waals surface area (Å²) in [5.74, 6) is 0.812. The van der Waals surface area contributed by atoms with E-state index in [0.717, 1.165) is 24.0 Å². The molecule has 0 N–H and O–H groups in total. The molecule has 1 rings (SSSR count). The SMILES string of the molecule is CCCOc1cc(C=O)ccc1C. The summed E-state index contributed by atoms with van der Waals surface area (Å²) >= 11 is 0. The Hall–Kier alpha value is -1.31. The molecule has 0 saturated carbocycles. The quantitative estimate of drug-likeness (QED) is 0.662. The summed E-state index contributed by atoms with van der Waals surface area (Å²) in [5.41, 5.74) is 1.73. The topological polar surface area (TPSA) is 26.3 Å². The van der Waals surface area contributed by atoms with Gasteiger partial charge in [0, 0.05) is 5.56 Å². The van der Waals surface area contributed by atoms with Gasteiger partial charge in [-0.15, -0.1) is 0 Å². The van der Waals surface area contributed by atoms with Crippen molar-refractivity contribution in [2.24, 2.45) is 0 Å². The zero-order valence-corrected chi connectivity index (χ0v) is 8.04. The van der Waals surface area contributed by atoms with E-state index in [0.29, 0.717) is 12.2 Å². The van der Waals surface area contributed by atoms with Crippen LogP contribution >= 0.6 is 0 Å². The van der Waals surface area contributed by atoms with Gasteiger partial charge in [-0.25, -0.2) is 0 Å². The molecule has 0 saturated heterocycles. The number of hydrogen-bond donors (Lipinski definition) is 0. The van der Waals surface area contributed by atoms with Gasteiger partial charge >= 0.3 is 0 Å². The lowest BCUT2D eigenvalue weighted by Crippen LogP contribution is -1.97. The Morgan fingerprint density at radius 1 is 1.46 bits per heavy atom. The van der Waals surface area contributed by atoms with E-state index >= 15 is 0 Å². The van der Waals surface area contributed by atoms with E-state index in [1.165, 1.54) is 0 Å². The Labute approximate surface area is 78.5 Å². The molecule has 1 aromatic carbocycles. The van der Waals surface area contributed by atoms with Gasteiger partial charge in [0.1, 0.15) is 12.0 Å². The normalized spacial score (nSPS) is 9.69. The molecule has 0 amide bonds. The first-order chi connectivity index (χ1) is 6.27. The molecule has 0 aliphatic carbocycles. The Bertz CT molecular complexity index is 292. The molecule has 1 aromatic rings. The standard InChI is InChI=1S/C11H14O2/c1-3-6-13-11-7-10(8-12)5-4-9(11)2/h4-5,7-8H,3,6H2,1-2H3. The molecule has 0 spiro atoms. The van der Waals surface area contributed by atoms with Crippen molar-refractivity contribution in [3.05, 3.63) is 29.3 Å². The predicted molar refractivity (Wildman–Crippen MR) is 52.4 cm³/mol. The minimum atomic E-state index is 0.664. The van der Waals surface area contributed by atoms with Crippen LogP contribution in [0.3, 0.4) is 0 Å². The number of carbonyl (C=O) groups is 1. The minimum Gasteiger partial charge on any atom is -0.493 e. The molecule has 0 aliphatic rings. The molecule has 0 bridgehead atoms. The van der Waals surface area contributed by atoms with Crippen molar-refractivity contribution < 1.29 is 9.53 Å². The van der Waals surface area contributed by atoms with Crippen LogP contribution in [-0.4, -0.2) is 12.9 Å². The van der Waals surface area contributed by atoms with Crippen molar-refractivity contribution in [1.82, 2.24) is 0 Å². The highest BCUT2D eigenvalue weighted by atomic mass is 16.5. The van der Waals surface area contributed by atoms with E-state index in [2.05, 4.69) is 6.92 Å². The zero-order valence-electron chi connectivity index (χ0n) is 8.04. The van der Waals surface area contributed by atoms with E-state index in [1.807, 2.05) is 13.0 Å². The van der Waals surface area contributed by atoms with Crippen LogP contribution in [0, 0.1) is 6.92 Å². The van der Waals surface area contributed by atoms with Crippen molar-refractivity contribution in [1.29, 1.82) is 0 Å². The number of aldehydes is 1. The summed E-state index contributed by atoms with van der Waals surface area (Å²) < 4.78 is 5.47. The van der Waals surface area contributed by atoms with Crippen LogP contribution in [0.4, 0.5) is 0 Å². The average Bonchev–Trinajstić information content (AvgIpc) is 2.17. The molecule has 2 heteroatoms. The van der Waals surface area contributed by atoms with Crippen LogP contribution in [0.5, 0.6) is 5.75 Å². The largest absolute Gasteiger partial charge is 0.493 e. The summed E-state index contributed by atoms with van der Waals surface area (Å²) in [4.78, 5) is 10.5. The lowest BCUT2D eigenvalue weighted by Gasteiger charge is -2.07.